The summed E-state index contributed by atoms with van der Waals surface area (Å²) in [5.41, 5.74) is 1.67. The zero-order valence-electron chi connectivity index (χ0n) is 4.56. The van der Waals surface area contributed by atoms with Crippen LogP contribution in [0, 0.1) is 5.92 Å². The third kappa shape index (κ3) is 2.87. The van der Waals surface area contributed by atoms with Crippen LogP contribution in [0.1, 0.15) is 6.92 Å². The first-order valence-electron chi connectivity index (χ1n) is 2.33. The lowest BCUT2D eigenvalue weighted by Crippen LogP contribution is -2.22. The lowest BCUT2D eigenvalue weighted by atomic mass is 10.2. The van der Waals surface area contributed by atoms with Gasteiger partial charge in [0.15, 0.2) is 0 Å². The fraction of sp³-hybridized carbons (Fsp3) is 1.00. The van der Waals surface area contributed by atoms with E-state index in [0.717, 1.165) is 0 Å². The molecular formula is C4H9F2NO. The molecule has 0 radical (unpaired) electrons. The standard InChI is InChI=1S/C4H9F2NO/c1-3(2-7-8)4(5)6/h3-4,7-8H,2H2,1H3/t3-/m0/s1. The minimum atomic E-state index is -2.35. The molecule has 4 heteroatoms. The monoisotopic (exact) mass is 125 g/mol. The number of halogens is 2. The van der Waals surface area contributed by atoms with Crippen molar-refractivity contribution >= 4 is 0 Å². The average molecular weight is 125 g/mol. The smallest absolute Gasteiger partial charge is 0.242 e. The molecular weight excluding hydrogens is 116 g/mol. The molecule has 0 aromatic heterocycles. The lowest BCUT2D eigenvalue weighted by Gasteiger charge is -2.06. The maximum absolute atomic E-state index is 11.5. The van der Waals surface area contributed by atoms with Gasteiger partial charge in [0.25, 0.3) is 0 Å². The van der Waals surface area contributed by atoms with Gasteiger partial charge in [-0.15, -0.1) is 0 Å². The Morgan fingerprint density at radius 2 is 2.12 bits per heavy atom. The quantitative estimate of drug-likeness (QED) is 0.548. The number of hydrogen-bond donors (Lipinski definition) is 2. The third-order valence-corrected chi connectivity index (χ3v) is 0.843. The first-order valence-corrected chi connectivity index (χ1v) is 2.33. The summed E-state index contributed by atoms with van der Waals surface area (Å²) in [6, 6.07) is 0. The summed E-state index contributed by atoms with van der Waals surface area (Å²) in [4.78, 5) is 0. The molecule has 0 bridgehead atoms. The minimum Gasteiger partial charge on any atom is -0.317 e. The zero-order chi connectivity index (χ0) is 6.57. The second-order valence-electron chi connectivity index (χ2n) is 1.67. The van der Waals surface area contributed by atoms with Crippen molar-refractivity contribution < 1.29 is 14.0 Å². The van der Waals surface area contributed by atoms with Crippen LogP contribution in [0.15, 0.2) is 0 Å². The Kier molecular flexibility index (Phi) is 3.64. The van der Waals surface area contributed by atoms with E-state index in [9.17, 15) is 8.78 Å². The van der Waals surface area contributed by atoms with Crippen LogP contribution in [0.25, 0.3) is 0 Å². The van der Waals surface area contributed by atoms with Crippen molar-refractivity contribution in [3.05, 3.63) is 0 Å². The van der Waals surface area contributed by atoms with E-state index >= 15 is 0 Å². The predicted molar refractivity (Wildman–Crippen MR) is 25.0 cm³/mol. The number of hydrogen-bond acceptors (Lipinski definition) is 2. The van der Waals surface area contributed by atoms with Crippen LogP contribution in [0.4, 0.5) is 8.78 Å². The topological polar surface area (TPSA) is 32.3 Å². The first-order chi connectivity index (χ1) is 3.68. The Morgan fingerprint density at radius 1 is 1.62 bits per heavy atom. The molecule has 2 nitrogen and oxygen atoms in total. The second kappa shape index (κ2) is 3.74. The Hall–Kier alpha value is -0.220. The maximum atomic E-state index is 11.5. The minimum absolute atomic E-state index is 0.0579. The van der Waals surface area contributed by atoms with Gasteiger partial charge in [0.2, 0.25) is 6.43 Å². The summed E-state index contributed by atoms with van der Waals surface area (Å²) in [7, 11) is 0. The maximum Gasteiger partial charge on any atom is 0.242 e. The van der Waals surface area contributed by atoms with Crippen molar-refractivity contribution in [1.82, 2.24) is 5.48 Å². The normalized spacial score (nSPS) is 14.6. The van der Waals surface area contributed by atoms with Crippen LogP contribution in [0.2, 0.25) is 0 Å². The molecule has 0 unspecified atom stereocenters. The highest BCUT2D eigenvalue weighted by Gasteiger charge is 2.12. The molecule has 0 saturated heterocycles. The largest absolute Gasteiger partial charge is 0.317 e. The second-order valence-corrected chi connectivity index (χ2v) is 1.67. The first kappa shape index (κ1) is 7.78. The van der Waals surface area contributed by atoms with Crippen molar-refractivity contribution in [1.29, 1.82) is 0 Å². The van der Waals surface area contributed by atoms with E-state index in [2.05, 4.69) is 0 Å². The van der Waals surface area contributed by atoms with Gasteiger partial charge in [-0.3, -0.25) is 0 Å². The van der Waals surface area contributed by atoms with Gasteiger partial charge >= 0.3 is 0 Å². The van der Waals surface area contributed by atoms with Gasteiger partial charge < -0.3 is 5.21 Å². The summed E-state index contributed by atoms with van der Waals surface area (Å²) >= 11 is 0. The molecule has 1 atom stereocenters. The van der Waals surface area contributed by atoms with E-state index in [1.165, 1.54) is 6.92 Å². The van der Waals surface area contributed by atoms with Crippen molar-refractivity contribution in [2.75, 3.05) is 6.54 Å². The number of nitrogens with one attached hydrogen (secondary N) is 1. The Bertz CT molecular complexity index is 60.0. The van der Waals surface area contributed by atoms with Crippen LogP contribution in [0.3, 0.4) is 0 Å². The number of hydroxylamine groups is 1. The predicted octanol–water partition coefficient (Wildman–Crippen LogP) is 0.866. The fourth-order valence-electron chi connectivity index (χ4n) is 0.233. The van der Waals surface area contributed by atoms with E-state index in [1.807, 2.05) is 0 Å². The highest BCUT2D eigenvalue weighted by Crippen LogP contribution is 2.05. The number of alkyl halides is 2. The Balaban J connectivity index is 3.17. The summed E-state index contributed by atoms with van der Waals surface area (Å²) in [5.74, 6) is -0.778. The SMILES string of the molecule is C[C@@H](CNO)C(F)F. The zero-order valence-corrected chi connectivity index (χ0v) is 4.56. The summed E-state index contributed by atoms with van der Waals surface area (Å²) in [6.07, 6.45) is -2.35. The molecule has 0 aromatic rings. The van der Waals surface area contributed by atoms with Crippen LogP contribution < -0.4 is 5.48 Å². The van der Waals surface area contributed by atoms with Gasteiger partial charge in [0.05, 0.1) is 0 Å². The van der Waals surface area contributed by atoms with Crippen LogP contribution in [-0.2, 0) is 0 Å². The molecule has 2 N–H and O–H groups in total. The summed E-state index contributed by atoms with van der Waals surface area (Å²) < 4.78 is 22.9. The van der Waals surface area contributed by atoms with Crippen molar-refractivity contribution in [2.45, 2.75) is 13.3 Å². The molecule has 0 fully saturated rings. The van der Waals surface area contributed by atoms with Gasteiger partial charge in [-0.05, 0) is 0 Å². The molecule has 0 saturated carbocycles. The molecule has 0 aromatic carbocycles. The van der Waals surface area contributed by atoms with E-state index < -0.39 is 12.3 Å². The molecule has 0 aliphatic carbocycles. The summed E-state index contributed by atoms with van der Waals surface area (Å²) in [6.45, 7) is 1.30. The third-order valence-electron chi connectivity index (χ3n) is 0.843. The van der Waals surface area contributed by atoms with Crippen molar-refractivity contribution in [3.63, 3.8) is 0 Å². The van der Waals surface area contributed by atoms with E-state index in [-0.39, 0.29) is 6.54 Å². The Labute approximate surface area is 46.5 Å². The van der Waals surface area contributed by atoms with Crippen LogP contribution in [0.5, 0.6) is 0 Å². The van der Waals surface area contributed by atoms with Gasteiger partial charge in [0.1, 0.15) is 0 Å². The molecule has 0 aliphatic heterocycles. The van der Waals surface area contributed by atoms with Crippen LogP contribution in [-0.4, -0.2) is 18.2 Å². The fourth-order valence-corrected chi connectivity index (χ4v) is 0.233. The van der Waals surface area contributed by atoms with E-state index in [1.54, 1.807) is 5.48 Å². The molecule has 0 heterocycles. The molecule has 0 aliphatic rings. The van der Waals surface area contributed by atoms with E-state index in [4.69, 9.17) is 5.21 Å². The van der Waals surface area contributed by atoms with Gasteiger partial charge in [-0.2, -0.15) is 0 Å². The van der Waals surface area contributed by atoms with Gasteiger partial charge in [-0.25, -0.2) is 14.3 Å². The van der Waals surface area contributed by atoms with E-state index in [0.29, 0.717) is 0 Å². The van der Waals surface area contributed by atoms with Crippen molar-refractivity contribution in [2.24, 2.45) is 5.92 Å². The molecule has 50 valence electrons. The summed E-state index contributed by atoms with van der Waals surface area (Å²) in [5, 5.41) is 7.90. The molecule has 8 heavy (non-hydrogen) atoms. The Morgan fingerprint density at radius 3 is 2.25 bits per heavy atom. The molecule has 0 spiro atoms. The highest BCUT2D eigenvalue weighted by atomic mass is 19.3. The van der Waals surface area contributed by atoms with Gasteiger partial charge in [-0.1, -0.05) is 6.92 Å². The van der Waals surface area contributed by atoms with Crippen LogP contribution >= 0.6 is 0 Å². The number of rotatable bonds is 3. The lowest BCUT2D eigenvalue weighted by molar-refractivity contribution is 0.0563. The average Bonchev–Trinajstić information content (AvgIpc) is 1.67. The van der Waals surface area contributed by atoms with Gasteiger partial charge in [0, 0.05) is 12.5 Å². The molecule has 0 amide bonds. The highest BCUT2D eigenvalue weighted by molar-refractivity contribution is 4.53. The van der Waals surface area contributed by atoms with Crippen molar-refractivity contribution in [3.8, 4) is 0 Å². The molecule has 0 rings (SSSR count).